The van der Waals surface area contributed by atoms with E-state index >= 15 is 0 Å². The third-order valence-corrected chi connectivity index (χ3v) is 6.24. The minimum atomic E-state index is 0.107. The van der Waals surface area contributed by atoms with E-state index in [1.54, 1.807) is 0 Å². The van der Waals surface area contributed by atoms with Gasteiger partial charge in [-0.3, -0.25) is 19.6 Å². The quantitative estimate of drug-likeness (QED) is 0.713. The Kier molecular flexibility index (Phi) is 4.97. The maximum absolute atomic E-state index is 13.5. The van der Waals surface area contributed by atoms with Crippen LogP contribution < -0.4 is 0 Å². The first-order valence-corrected chi connectivity index (χ1v) is 10.8. The summed E-state index contributed by atoms with van der Waals surface area (Å²) in [4.78, 5) is 24.7. The van der Waals surface area contributed by atoms with E-state index in [-0.39, 0.29) is 5.91 Å². The minimum Gasteiger partial charge on any atom is -0.314 e. The molecule has 3 aliphatic rings. The fourth-order valence-electron chi connectivity index (χ4n) is 4.32. The first-order valence-electron chi connectivity index (χ1n) is 10.1. The van der Waals surface area contributed by atoms with E-state index in [1.807, 2.05) is 23.1 Å². The molecule has 0 saturated carbocycles. The molecule has 6 heteroatoms. The molecule has 0 N–H and O–H groups in total. The molecule has 2 aromatic carbocycles. The van der Waals surface area contributed by atoms with Gasteiger partial charge in [0, 0.05) is 42.9 Å². The highest BCUT2D eigenvalue weighted by molar-refractivity contribution is 9.10. The standard InChI is InChI=1S/C23H23BrN4O/c24-19-9-7-18(8-10-19)14-28-22(29)20-15-26(13-17-5-2-1-3-6-17)16-21(20)27-12-4-11-25-23(27)28/h1-3,5-10H,4,11-16H2. The van der Waals surface area contributed by atoms with Gasteiger partial charge in [0.1, 0.15) is 0 Å². The van der Waals surface area contributed by atoms with Crippen LogP contribution in [0.5, 0.6) is 0 Å². The largest absolute Gasteiger partial charge is 0.314 e. The molecule has 0 aliphatic carbocycles. The Morgan fingerprint density at radius 3 is 2.48 bits per heavy atom. The number of fused-ring (bicyclic) bond motifs is 2. The summed E-state index contributed by atoms with van der Waals surface area (Å²) in [5, 5.41) is 0. The van der Waals surface area contributed by atoms with Crippen molar-refractivity contribution in [3.8, 4) is 0 Å². The molecule has 3 heterocycles. The van der Waals surface area contributed by atoms with Crippen molar-refractivity contribution in [1.29, 1.82) is 0 Å². The van der Waals surface area contributed by atoms with Crippen LogP contribution in [0, 0.1) is 0 Å². The van der Waals surface area contributed by atoms with E-state index in [0.717, 1.165) is 59.9 Å². The average Bonchev–Trinajstić information content (AvgIpc) is 3.17. The molecule has 0 saturated heterocycles. The van der Waals surface area contributed by atoms with E-state index in [9.17, 15) is 4.79 Å². The molecule has 3 aliphatic heterocycles. The number of rotatable bonds is 4. The van der Waals surface area contributed by atoms with Crippen LogP contribution in [0.4, 0.5) is 0 Å². The van der Waals surface area contributed by atoms with Gasteiger partial charge in [0.25, 0.3) is 5.91 Å². The molecule has 0 bridgehead atoms. The van der Waals surface area contributed by atoms with Gasteiger partial charge in [0.15, 0.2) is 0 Å². The number of guanidine groups is 1. The van der Waals surface area contributed by atoms with Gasteiger partial charge in [-0.05, 0) is 29.7 Å². The Morgan fingerprint density at radius 1 is 0.931 bits per heavy atom. The summed E-state index contributed by atoms with van der Waals surface area (Å²) in [6, 6.07) is 18.6. The summed E-state index contributed by atoms with van der Waals surface area (Å²) in [6.45, 7) is 4.63. The first kappa shape index (κ1) is 18.6. The second-order valence-corrected chi connectivity index (χ2v) is 8.68. The number of benzene rings is 2. The average molecular weight is 451 g/mol. The Bertz CT molecular complexity index is 984. The van der Waals surface area contributed by atoms with E-state index in [0.29, 0.717) is 13.1 Å². The van der Waals surface area contributed by atoms with Crippen LogP contribution in [-0.2, 0) is 17.9 Å². The van der Waals surface area contributed by atoms with Crippen LogP contribution in [0.15, 0.2) is 75.3 Å². The van der Waals surface area contributed by atoms with Gasteiger partial charge < -0.3 is 4.90 Å². The Morgan fingerprint density at radius 2 is 1.69 bits per heavy atom. The first-order chi connectivity index (χ1) is 14.2. The molecule has 5 nitrogen and oxygen atoms in total. The maximum Gasteiger partial charge on any atom is 0.259 e. The minimum absolute atomic E-state index is 0.107. The summed E-state index contributed by atoms with van der Waals surface area (Å²) in [7, 11) is 0. The van der Waals surface area contributed by atoms with Gasteiger partial charge in [0.05, 0.1) is 12.1 Å². The van der Waals surface area contributed by atoms with Gasteiger partial charge in [0.2, 0.25) is 5.96 Å². The van der Waals surface area contributed by atoms with Crippen molar-refractivity contribution in [3.05, 3.63) is 81.5 Å². The smallest absolute Gasteiger partial charge is 0.259 e. The lowest BCUT2D eigenvalue weighted by Crippen LogP contribution is -2.53. The predicted octanol–water partition coefficient (Wildman–Crippen LogP) is 3.62. The Labute approximate surface area is 179 Å². The van der Waals surface area contributed by atoms with Gasteiger partial charge in [-0.1, -0.05) is 58.4 Å². The summed E-state index contributed by atoms with van der Waals surface area (Å²) in [5.41, 5.74) is 4.47. The molecule has 29 heavy (non-hydrogen) atoms. The van der Waals surface area contributed by atoms with E-state index in [2.05, 4.69) is 62.1 Å². The van der Waals surface area contributed by atoms with Crippen LogP contribution in [0.1, 0.15) is 17.5 Å². The summed E-state index contributed by atoms with van der Waals surface area (Å²) in [6.07, 6.45) is 1.03. The van der Waals surface area contributed by atoms with Crippen LogP contribution in [-0.4, -0.2) is 52.7 Å². The topological polar surface area (TPSA) is 39.2 Å². The molecular weight excluding hydrogens is 428 g/mol. The number of halogens is 1. The van der Waals surface area contributed by atoms with Gasteiger partial charge in [-0.2, -0.15) is 0 Å². The highest BCUT2D eigenvalue weighted by Gasteiger charge is 2.41. The van der Waals surface area contributed by atoms with Crippen molar-refractivity contribution in [2.75, 3.05) is 26.2 Å². The molecule has 0 spiro atoms. The van der Waals surface area contributed by atoms with Crippen molar-refractivity contribution in [1.82, 2.24) is 14.7 Å². The molecule has 148 valence electrons. The number of hydrogen-bond acceptors (Lipinski definition) is 4. The number of hydrogen-bond donors (Lipinski definition) is 0. The summed E-state index contributed by atoms with van der Waals surface area (Å²) in [5.74, 6) is 0.930. The molecule has 0 radical (unpaired) electrons. The lowest BCUT2D eigenvalue weighted by Gasteiger charge is -2.40. The third-order valence-electron chi connectivity index (χ3n) is 5.71. The Hall–Kier alpha value is -2.44. The fourth-order valence-corrected chi connectivity index (χ4v) is 4.58. The molecule has 0 aromatic heterocycles. The third kappa shape index (κ3) is 3.63. The molecule has 0 atom stereocenters. The van der Waals surface area contributed by atoms with E-state index < -0.39 is 0 Å². The zero-order valence-corrected chi connectivity index (χ0v) is 17.8. The summed E-state index contributed by atoms with van der Waals surface area (Å²) >= 11 is 3.48. The van der Waals surface area contributed by atoms with Gasteiger partial charge >= 0.3 is 0 Å². The normalized spacial score (nSPS) is 19.3. The lowest BCUT2D eigenvalue weighted by molar-refractivity contribution is -0.125. The van der Waals surface area contributed by atoms with Crippen molar-refractivity contribution < 1.29 is 4.79 Å². The number of carbonyl (C=O) groups is 1. The van der Waals surface area contributed by atoms with Crippen LogP contribution in [0.3, 0.4) is 0 Å². The second kappa shape index (κ2) is 7.76. The zero-order valence-electron chi connectivity index (χ0n) is 16.2. The molecule has 0 unspecified atom stereocenters. The highest BCUT2D eigenvalue weighted by atomic mass is 79.9. The lowest BCUT2D eigenvalue weighted by atomic mass is 10.1. The second-order valence-electron chi connectivity index (χ2n) is 7.76. The fraction of sp³-hybridized carbons (Fsp3) is 0.304. The van der Waals surface area contributed by atoms with E-state index in [4.69, 9.17) is 4.99 Å². The number of carbonyl (C=O) groups excluding carboxylic acids is 1. The summed E-state index contributed by atoms with van der Waals surface area (Å²) < 4.78 is 1.04. The van der Waals surface area contributed by atoms with Crippen molar-refractivity contribution in [2.45, 2.75) is 19.5 Å². The van der Waals surface area contributed by atoms with Crippen LogP contribution in [0.2, 0.25) is 0 Å². The molecule has 2 aromatic rings. The molecular formula is C23H23BrN4O. The monoisotopic (exact) mass is 450 g/mol. The van der Waals surface area contributed by atoms with Gasteiger partial charge in [-0.15, -0.1) is 0 Å². The highest BCUT2D eigenvalue weighted by Crippen LogP contribution is 2.32. The van der Waals surface area contributed by atoms with Crippen LogP contribution >= 0.6 is 15.9 Å². The zero-order chi connectivity index (χ0) is 19.8. The number of nitrogens with zero attached hydrogens (tertiary/aromatic N) is 4. The van der Waals surface area contributed by atoms with Crippen molar-refractivity contribution in [3.63, 3.8) is 0 Å². The molecule has 0 fully saturated rings. The SMILES string of the molecule is O=C1C2=C(CN(Cc3ccccc3)C2)N2CCCN=C2N1Cc1ccc(Br)cc1. The number of amides is 1. The van der Waals surface area contributed by atoms with Crippen molar-refractivity contribution >= 4 is 27.8 Å². The van der Waals surface area contributed by atoms with E-state index in [1.165, 1.54) is 5.56 Å². The Balaban J connectivity index is 1.41. The predicted molar refractivity (Wildman–Crippen MR) is 117 cm³/mol. The van der Waals surface area contributed by atoms with Gasteiger partial charge in [-0.25, -0.2) is 0 Å². The van der Waals surface area contributed by atoms with Crippen LogP contribution in [0.25, 0.3) is 0 Å². The molecule has 1 amide bonds. The number of aliphatic imine (C=N–C) groups is 1. The van der Waals surface area contributed by atoms with Crippen molar-refractivity contribution in [2.24, 2.45) is 4.99 Å². The maximum atomic E-state index is 13.5. The molecule has 5 rings (SSSR count).